The van der Waals surface area contributed by atoms with Gasteiger partial charge in [0.15, 0.2) is 9.84 Å². The van der Waals surface area contributed by atoms with Crippen LogP contribution in [0.5, 0.6) is 5.75 Å². The Bertz CT molecular complexity index is 1310. The lowest BCUT2D eigenvalue weighted by atomic mass is 9.92. The van der Waals surface area contributed by atoms with Crippen molar-refractivity contribution in [1.82, 2.24) is 4.98 Å². The van der Waals surface area contributed by atoms with E-state index in [9.17, 15) is 39.6 Å². The minimum atomic E-state index is -5.29. The fourth-order valence-electron chi connectivity index (χ4n) is 3.15. The standard InChI is InChI=1S/C20H13F6NO4S/c1-10-16(18(28)19(21,22)23)17(11-3-6-13(7-4-11)32(2,29)30)14-9-12(31-20(24,25)26)5-8-15(14)27-10/h3-9H,1-2H3. The Morgan fingerprint density at radius 3 is 2.06 bits per heavy atom. The number of aryl methyl sites for hydroxylation is 1. The number of hydrogen-bond acceptors (Lipinski definition) is 5. The van der Waals surface area contributed by atoms with Crippen LogP contribution in [0.25, 0.3) is 22.0 Å². The van der Waals surface area contributed by atoms with Crippen molar-refractivity contribution >= 4 is 26.5 Å². The van der Waals surface area contributed by atoms with Crippen molar-refractivity contribution in [3.63, 3.8) is 0 Å². The molecule has 0 saturated carbocycles. The number of Topliss-reactive ketones (excluding diaryl/α,β-unsaturated/α-hetero) is 1. The van der Waals surface area contributed by atoms with Gasteiger partial charge in [0, 0.05) is 22.9 Å². The summed E-state index contributed by atoms with van der Waals surface area (Å²) in [5, 5.41) is -0.211. The van der Waals surface area contributed by atoms with Gasteiger partial charge in [-0.05, 0) is 42.8 Å². The first-order valence-electron chi connectivity index (χ1n) is 8.70. The number of hydrogen-bond donors (Lipinski definition) is 0. The van der Waals surface area contributed by atoms with Crippen molar-refractivity contribution in [3.8, 4) is 16.9 Å². The van der Waals surface area contributed by atoms with E-state index in [2.05, 4.69) is 9.72 Å². The Kier molecular flexibility index (Phi) is 5.71. The molecule has 0 atom stereocenters. The van der Waals surface area contributed by atoms with E-state index in [1.54, 1.807) is 0 Å². The zero-order valence-corrected chi connectivity index (χ0v) is 17.1. The smallest absolute Gasteiger partial charge is 0.406 e. The molecule has 170 valence electrons. The van der Waals surface area contributed by atoms with E-state index < -0.39 is 39.5 Å². The summed E-state index contributed by atoms with van der Waals surface area (Å²) >= 11 is 0. The van der Waals surface area contributed by atoms with E-state index in [1.807, 2.05) is 0 Å². The van der Waals surface area contributed by atoms with Crippen molar-refractivity contribution in [2.24, 2.45) is 0 Å². The number of fused-ring (bicyclic) bond motifs is 1. The van der Waals surface area contributed by atoms with Crippen molar-refractivity contribution in [2.45, 2.75) is 24.4 Å². The highest BCUT2D eigenvalue weighted by molar-refractivity contribution is 7.90. The first-order chi connectivity index (χ1) is 14.6. The van der Waals surface area contributed by atoms with Crippen LogP contribution in [0.15, 0.2) is 47.4 Å². The Hall–Kier alpha value is -3.15. The lowest BCUT2D eigenvalue weighted by Crippen LogP contribution is -2.25. The molecule has 0 aliphatic rings. The van der Waals surface area contributed by atoms with Crippen molar-refractivity contribution in [1.29, 1.82) is 0 Å². The zero-order valence-electron chi connectivity index (χ0n) is 16.3. The average Bonchev–Trinajstić information content (AvgIpc) is 2.64. The van der Waals surface area contributed by atoms with Crippen LogP contribution in [-0.4, -0.2) is 38.0 Å². The Balaban J connectivity index is 2.39. The van der Waals surface area contributed by atoms with Crippen molar-refractivity contribution in [3.05, 3.63) is 53.7 Å². The fourth-order valence-corrected chi connectivity index (χ4v) is 3.78. The van der Waals surface area contributed by atoms with Crippen LogP contribution < -0.4 is 4.74 Å². The number of pyridine rings is 1. The molecule has 0 aliphatic carbocycles. The number of ketones is 1. The molecule has 0 amide bonds. The molecule has 1 aromatic heterocycles. The van der Waals surface area contributed by atoms with Crippen LogP contribution >= 0.6 is 0 Å². The predicted octanol–water partition coefficient (Wildman–Crippen LogP) is 5.26. The summed E-state index contributed by atoms with van der Waals surface area (Å²) in [6.07, 6.45) is -9.43. The summed E-state index contributed by atoms with van der Waals surface area (Å²) in [6, 6.07) is 7.42. The third-order valence-corrected chi connectivity index (χ3v) is 5.56. The molecule has 0 N–H and O–H groups in total. The van der Waals surface area contributed by atoms with Crippen LogP contribution in [0.2, 0.25) is 0 Å². The third-order valence-electron chi connectivity index (χ3n) is 4.43. The number of benzene rings is 2. The number of halogens is 6. The van der Waals surface area contributed by atoms with Crippen LogP contribution in [-0.2, 0) is 9.84 Å². The lowest BCUT2D eigenvalue weighted by Gasteiger charge is -2.17. The van der Waals surface area contributed by atoms with Gasteiger partial charge in [-0.3, -0.25) is 9.78 Å². The van der Waals surface area contributed by atoms with E-state index in [1.165, 1.54) is 0 Å². The zero-order chi connectivity index (χ0) is 24.1. The molecule has 3 aromatic rings. The summed E-state index contributed by atoms with van der Waals surface area (Å²) in [4.78, 5) is 16.0. The van der Waals surface area contributed by atoms with E-state index in [-0.39, 0.29) is 32.6 Å². The maximum absolute atomic E-state index is 13.3. The van der Waals surface area contributed by atoms with Crippen LogP contribution in [0.3, 0.4) is 0 Å². The molecule has 0 fully saturated rings. The molecule has 0 saturated heterocycles. The molecule has 0 unspecified atom stereocenters. The third kappa shape index (κ3) is 4.85. The highest BCUT2D eigenvalue weighted by Gasteiger charge is 2.42. The predicted molar refractivity (Wildman–Crippen MR) is 102 cm³/mol. The fraction of sp³-hybridized carbons (Fsp3) is 0.200. The molecule has 0 aliphatic heterocycles. The molecule has 5 nitrogen and oxygen atoms in total. The Morgan fingerprint density at radius 2 is 1.56 bits per heavy atom. The summed E-state index contributed by atoms with van der Waals surface area (Å²) in [5.74, 6) is -2.97. The van der Waals surface area contributed by atoms with Crippen molar-refractivity contribution in [2.75, 3.05) is 6.26 Å². The second-order valence-corrected chi connectivity index (χ2v) is 8.81. The molecule has 0 spiro atoms. The number of carbonyl (C=O) groups excluding carboxylic acids is 1. The van der Waals surface area contributed by atoms with Crippen molar-refractivity contribution < 1.29 is 44.3 Å². The SMILES string of the molecule is Cc1nc2ccc(OC(F)(F)F)cc2c(-c2ccc(S(C)(=O)=O)cc2)c1C(=O)C(F)(F)F. The van der Waals surface area contributed by atoms with E-state index in [0.717, 1.165) is 55.6 Å². The van der Waals surface area contributed by atoms with Gasteiger partial charge in [-0.15, -0.1) is 13.2 Å². The minimum absolute atomic E-state index is 0.0120. The van der Waals surface area contributed by atoms with Gasteiger partial charge in [0.1, 0.15) is 5.75 Å². The molecule has 0 radical (unpaired) electrons. The lowest BCUT2D eigenvalue weighted by molar-refractivity contribution is -0.274. The first kappa shape index (κ1) is 23.5. The van der Waals surface area contributed by atoms with E-state index >= 15 is 0 Å². The van der Waals surface area contributed by atoms with Gasteiger partial charge < -0.3 is 4.74 Å². The molecule has 3 rings (SSSR count). The Labute approximate surface area is 177 Å². The molecular formula is C20H13F6NO4S. The molecule has 12 heteroatoms. The number of alkyl halides is 6. The number of carbonyl (C=O) groups is 1. The van der Waals surface area contributed by atoms with Crippen LogP contribution in [0, 0.1) is 6.92 Å². The van der Waals surface area contributed by atoms with Crippen LogP contribution in [0.1, 0.15) is 16.1 Å². The minimum Gasteiger partial charge on any atom is -0.406 e. The van der Waals surface area contributed by atoms with Gasteiger partial charge in [-0.25, -0.2) is 8.42 Å². The van der Waals surface area contributed by atoms with E-state index in [4.69, 9.17) is 0 Å². The van der Waals surface area contributed by atoms with Gasteiger partial charge in [0.05, 0.1) is 16.0 Å². The monoisotopic (exact) mass is 477 g/mol. The molecule has 2 aromatic carbocycles. The number of aromatic nitrogens is 1. The van der Waals surface area contributed by atoms with E-state index in [0.29, 0.717) is 0 Å². The number of rotatable bonds is 4. The summed E-state index contributed by atoms with van der Waals surface area (Å²) in [7, 11) is -3.63. The second kappa shape index (κ2) is 7.76. The number of ether oxygens (including phenoxy) is 1. The van der Waals surface area contributed by atoms with Crippen LogP contribution in [0.4, 0.5) is 26.3 Å². The number of nitrogens with zero attached hydrogens (tertiary/aromatic N) is 1. The molecule has 32 heavy (non-hydrogen) atoms. The number of sulfone groups is 1. The molecule has 1 heterocycles. The van der Waals surface area contributed by atoms with Gasteiger partial charge in [-0.1, -0.05) is 12.1 Å². The summed E-state index contributed by atoms with van der Waals surface area (Å²) in [6.45, 7) is 1.16. The summed E-state index contributed by atoms with van der Waals surface area (Å²) < 4.78 is 105. The Morgan fingerprint density at radius 1 is 0.969 bits per heavy atom. The van der Waals surface area contributed by atoms with Gasteiger partial charge in [0.2, 0.25) is 0 Å². The normalized spacial score (nSPS) is 12.8. The summed E-state index contributed by atoms with van der Waals surface area (Å²) in [5.41, 5.74) is -1.52. The largest absolute Gasteiger partial charge is 0.573 e. The van der Waals surface area contributed by atoms with Gasteiger partial charge in [-0.2, -0.15) is 13.2 Å². The molecular weight excluding hydrogens is 464 g/mol. The maximum atomic E-state index is 13.3. The molecule has 0 bridgehead atoms. The first-order valence-corrected chi connectivity index (χ1v) is 10.6. The topological polar surface area (TPSA) is 73.3 Å². The quantitative estimate of drug-likeness (QED) is 0.379. The van der Waals surface area contributed by atoms with Gasteiger partial charge >= 0.3 is 12.5 Å². The second-order valence-electron chi connectivity index (χ2n) is 6.80. The highest BCUT2D eigenvalue weighted by Crippen LogP contribution is 2.38. The average molecular weight is 477 g/mol. The highest BCUT2D eigenvalue weighted by atomic mass is 32.2. The maximum Gasteiger partial charge on any atom is 0.573 e. The van der Waals surface area contributed by atoms with Gasteiger partial charge in [0.25, 0.3) is 5.78 Å².